The molecule has 0 aliphatic heterocycles. The van der Waals surface area contributed by atoms with E-state index in [0.29, 0.717) is 0 Å². The second-order valence-corrected chi connectivity index (χ2v) is 4.30. The number of hydrogen-bond donors (Lipinski definition) is 0. The van der Waals surface area contributed by atoms with Crippen LogP contribution in [0.2, 0.25) is 0 Å². The molecule has 74 valence electrons. The summed E-state index contributed by atoms with van der Waals surface area (Å²) < 4.78 is 0. The first-order chi connectivity index (χ1) is 5.81. The highest BCUT2D eigenvalue weighted by Gasteiger charge is 2.16. The third-order valence-electron chi connectivity index (χ3n) is 2.70. The first-order valence-electron chi connectivity index (χ1n) is 4.80. The summed E-state index contributed by atoms with van der Waals surface area (Å²) in [4.78, 5) is 0. The molecule has 0 amide bonds. The van der Waals surface area contributed by atoms with Crippen LogP contribution in [0.15, 0.2) is 35.5 Å². The SMILES string of the molecule is C=C(C)/C(C)=C/C(C)(C)/C(C)=C/C. The monoisotopic (exact) mass is 178 g/mol. The Morgan fingerprint density at radius 2 is 1.62 bits per heavy atom. The number of rotatable bonds is 3. The molecule has 0 aromatic rings. The van der Waals surface area contributed by atoms with Gasteiger partial charge in [0.25, 0.3) is 0 Å². The molecule has 0 heteroatoms. The zero-order chi connectivity index (χ0) is 10.6. The summed E-state index contributed by atoms with van der Waals surface area (Å²) in [6.07, 6.45) is 4.45. The van der Waals surface area contributed by atoms with Crippen molar-refractivity contribution in [1.29, 1.82) is 0 Å². The van der Waals surface area contributed by atoms with Crippen molar-refractivity contribution in [3.63, 3.8) is 0 Å². The average Bonchev–Trinajstić information content (AvgIpc) is 2.01. The fourth-order valence-corrected chi connectivity index (χ4v) is 1.15. The summed E-state index contributed by atoms with van der Waals surface area (Å²) in [5.41, 5.74) is 3.98. The van der Waals surface area contributed by atoms with Crippen molar-refractivity contribution in [1.82, 2.24) is 0 Å². The van der Waals surface area contributed by atoms with Crippen molar-refractivity contribution >= 4 is 0 Å². The third kappa shape index (κ3) is 3.63. The minimum atomic E-state index is 0.151. The van der Waals surface area contributed by atoms with Crippen LogP contribution in [0.1, 0.15) is 41.5 Å². The standard InChI is InChI=1S/C13H22/c1-8-12(5)13(6,7)9-11(4)10(2)3/h8-9H,2H2,1,3-7H3/b11-9+,12-8+. The van der Waals surface area contributed by atoms with Crippen LogP contribution >= 0.6 is 0 Å². The van der Waals surface area contributed by atoms with Gasteiger partial charge in [-0.2, -0.15) is 0 Å². The molecular weight excluding hydrogens is 156 g/mol. The summed E-state index contributed by atoms with van der Waals surface area (Å²) in [5, 5.41) is 0. The lowest BCUT2D eigenvalue weighted by Crippen LogP contribution is -2.09. The van der Waals surface area contributed by atoms with Crippen molar-refractivity contribution in [2.45, 2.75) is 41.5 Å². The zero-order valence-electron chi connectivity index (χ0n) is 9.86. The average molecular weight is 178 g/mol. The molecule has 0 aromatic heterocycles. The van der Waals surface area contributed by atoms with Crippen molar-refractivity contribution in [2.75, 3.05) is 0 Å². The summed E-state index contributed by atoms with van der Waals surface area (Å²) in [6.45, 7) is 16.8. The van der Waals surface area contributed by atoms with Gasteiger partial charge in [-0.25, -0.2) is 0 Å². The molecule has 13 heavy (non-hydrogen) atoms. The molecule has 0 bridgehead atoms. The van der Waals surface area contributed by atoms with Crippen LogP contribution in [-0.4, -0.2) is 0 Å². The smallest absolute Gasteiger partial charge is 0.00371 e. The fraction of sp³-hybridized carbons (Fsp3) is 0.538. The zero-order valence-corrected chi connectivity index (χ0v) is 9.86. The largest absolute Gasteiger partial charge is 0.0959 e. The second kappa shape index (κ2) is 4.45. The fourth-order valence-electron chi connectivity index (χ4n) is 1.15. The Morgan fingerprint density at radius 1 is 1.15 bits per heavy atom. The van der Waals surface area contributed by atoms with E-state index in [1.165, 1.54) is 11.1 Å². The minimum Gasteiger partial charge on any atom is -0.0959 e. The van der Waals surface area contributed by atoms with E-state index in [1.807, 2.05) is 6.92 Å². The van der Waals surface area contributed by atoms with Crippen molar-refractivity contribution < 1.29 is 0 Å². The molecule has 0 radical (unpaired) electrons. The van der Waals surface area contributed by atoms with Gasteiger partial charge in [-0.3, -0.25) is 0 Å². The second-order valence-electron chi connectivity index (χ2n) is 4.30. The molecule has 0 N–H and O–H groups in total. The third-order valence-corrected chi connectivity index (χ3v) is 2.70. The number of hydrogen-bond acceptors (Lipinski definition) is 0. The maximum Gasteiger partial charge on any atom is 0.00371 e. The van der Waals surface area contributed by atoms with E-state index >= 15 is 0 Å². The van der Waals surface area contributed by atoms with Crippen molar-refractivity contribution in [2.24, 2.45) is 5.41 Å². The normalized spacial score (nSPS) is 14.6. The lowest BCUT2D eigenvalue weighted by Gasteiger charge is -2.23. The van der Waals surface area contributed by atoms with Crippen LogP contribution < -0.4 is 0 Å². The Labute approximate surface area is 83.0 Å². The first-order valence-corrected chi connectivity index (χ1v) is 4.80. The molecule has 0 heterocycles. The van der Waals surface area contributed by atoms with Crippen molar-refractivity contribution in [3.05, 3.63) is 35.5 Å². The lowest BCUT2D eigenvalue weighted by molar-refractivity contribution is 0.574. The highest BCUT2D eigenvalue weighted by molar-refractivity contribution is 5.29. The predicted molar refractivity (Wildman–Crippen MR) is 61.8 cm³/mol. The molecule has 0 aliphatic carbocycles. The Kier molecular flexibility index (Phi) is 4.19. The summed E-state index contributed by atoms with van der Waals surface area (Å²) in [6, 6.07) is 0. The van der Waals surface area contributed by atoms with Gasteiger partial charge in [0, 0.05) is 5.41 Å². The Bertz CT molecular complexity index is 249. The molecule has 0 nitrogen and oxygen atoms in total. The van der Waals surface area contributed by atoms with Gasteiger partial charge in [0.2, 0.25) is 0 Å². The van der Waals surface area contributed by atoms with Crippen LogP contribution in [0.5, 0.6) is 0 Å². The Morgan fingerprint density at radius 3 is 1.92 bits per heavy atom. The highest BCUT2D eigenvalue weighted by Crippen LogP contribution is 2.29. The first kappa shape index (κ1) is 12.2. The summed E-state index contributed by atoms with van der Waals surface area (Å²) in [7, 11) is 0. The van der Waals surface area contributed by atoms with E-state index in [1.54, 1.807) is 0 Å². The van der Waals surface area contributed by atoms with Gasteiger partial charge in [0.05, 0.1) is 0 Å². The van der Waals surface area contributed by atoms with E-state index < -0.39 is 0 Å². The molecule has 0 spiro atoms. The van der Waals surface area contributed by atoms with Gasteiger partial charge >= 0.3 is 0 Å². The van der Waals surface area contributed by atoms with E-state index in [0.717, 1.165) is 5.57 Å². The van der Waals surface area contributed by atoms with Gasteiger partial charge in [0.15, 0.2) is 0 Å². The Balaban J connectivity index is 4.88. The maximum atomic E-state index is 3.94. The van der Waals surface area contributed by atoms with Crippen LogP contribution in [0.4, 0.5) is 0 Å². The van der Waals surface area contributed by atoms with Crippen LogP contribution in [0, 0.1) is 5.41 Å². The lowest BCUT2D eigenvalue weighted by atomic mass is 9.82. The van der Waals surface area contributed by atoms with Gasteiger partial charge in [-0.05, 0) is 27.7 Å². The van der Waals surface area contributed by atoms with Gasteiger partial charge in [-0.15, -0.1) is 0 Å². The van der Waals surface area contributed by atoms with E-state index in [2.05, 4.69) is 53.3 Å². The number of allylic oxidation sites excluding steroid dienone is 5. The molecule has 0 fully saturated rings. The quantitative estimate of drug-likeness (QED) is 0.441. The molecule has 0 unspecified atom stereocenters. The maximum absolute atomic E-state index is 3.94. The molecule has 0 aromatic carbocycles. The van der Waals surface area contributed by atoms with Crippen LogP contribution in [0.25, 0.3) is 0 Å². The predicted octanol–water partition coefficient (Wildman–Crippen LogP) is 4.50. The van der Waals surface area contributed by atoms with E-state index in [9.17, 15) is 0 Å². The highest BCUT2D eigenvalue weighted by atomic mass is 14.2. The van der Waals surface area contributed by atoms with Crippen molar-refractivity contribution in [3.8, 4) is 0 Å². The van der Waals surface area contributed by atoms with E-state index in [4.69, 9.17) is 0 Å². The summed E-state index contributed by atoms with van der Waals surface area (Å²) >= 11 is 0. The molecule has 0 aliphatic rings. The van der Waals surface area contributed by atoms with Crippen LogP contribution in [0.3, 0.4) is 0 Å². The Hall–Kier alpha value is -0.780. The van der Waals surface area contributed by atoms with Crippen LogP contribution in [-0.2, 0) is 0 Å². The van der Waals surface area contributed by atoms with Gasteiger partial charge < -0.3 is 0 Å². The van der Waals surface area contributed by atoms with Gasteiger partial charge in [0.1, 0.15) is 0 Å². The topological polar surface area (TPSA) is 0 Å². The molecule has 0 saturated heterocycles. The molecule has 0 atom stereocenters. The molecule has 0 rings (SSSR count). The summed E-state index contributed by atoms with van der Waals surface area (Å²) in [5.74, 6) is 0. The van der Waals surface area contributed by atoms with E-state index in [-0.39, 0.29) is 5.41 Å². The van der Waals surface area contributed by atoms with Gasteiger partial charge in [-0.1, -0.05) is 49.3 Å². The molecule has 0 saturated carbocycles. The molecular formula is C13H22. The minimum absolute atomic E-state index is 0.151.